The van der Waals surface area contributed by atoms with E-state index in [0.29, 0.717) is 5.92 Å². The average molecular weight is 310 g/mol. The summed E-state index contributed by atoms with van der Waals surface area (Å²) in [5, 5.41) is 4.73. The molecular formula is C19H22N2O2. The third kappa shape index (κ3) is 2.58. The van der Waals surface area contributed by atoms with Gasteiger partial charge in [0.05, 0.1) is 5.69 Å². The zero-order valence-electron chi connectivity index (χ0n) is 13.8. The topological polar surface area (TPSA) is 49.4 Å². The molecular weight excluding hydrogens is 288 g/mol. The Morgan fingerprint density at radius 3 is 2.57 bits per heavy atom. The maximum Gasteiger partial charge on any atom is 0.259 e. The number of carbonyl (C=O) groups excluding carboxylic acids is 2. The lowest BCUT2D eigenvalue weighted by Crippen LogP contribution is -2.31. The minimum atomic E-state index is -0.107. The smallest absolute Gasteiger partial charge is 0.259 e. The molecule has 0 saturated carbocycles. The van der Waals surface area contributed by atoms with E-state index < -0.39 is 0 Å². The standard InChI is InChI=1S/C19H22N2O2/c1-4-13(5-2)11-21-17-10-9-16(20-12(3)22)14-7-6-8-15(18(14)17)19(21)23/h6-10,13H,4-5,11H2,1-3H3,(H,20,22). The van der Waals surface area contributed by atoms with Gasteiger partial charge in [0.25, 0.3) is 5.91 Å². The summed E-state index contributed by atoms with van der Waals surface area (Å²) in [6, 6.07) is 9.55. The number of nitrogens with one attached hydrogen (secondary N) is 1. The molecule has 1 aliphatic heterocycles. The van der Waals surface area contributed by atoms with Gasteiger partial charge in [0.15, 0.2) is 0 Å². The Morgan fingerprint density at radius 1 is 1.17 bits per heavy atom. The molecule has 0 spiro atoms. The number of anilines is 2. The second-order valence-corrected chi connectivity index (χ2v) is 6.14. The molecule has 1 aliphatic rings. The highest BCUT2D eigenvalue weighted by molar-refractivity contribution is 6.27. The lowest BCUT2D eigenvalue weighted by molar-refractivity contribution is -0.114. The monoisotopic (exact) mass is 310 g/mol. The molecule has 1 heterocycles. The van der Waals surface area contributed by atoms with Crippen molar-refractivity contribution in [2.24, 2.45) is 5.92 Å². The first kappa shape index (κ1) is 15.5. The fourth-order valence-electron chi connectivity index (χ4n) is 3.33. The summed E-state index contributed by atoms with van der Waals surface area (Å²) in [6.07, 6.45) is 2.12. The minimum absolute atomic E-state index is 0.0671. The number of rotatable bonds is 5. The van der Waals surface area contributed by atoms with E-state index in [9.17, 15) is 9.59 Å². The van der Waals surface area contributed by atoms with Crippen molar-refractivity contribution in [2.75, 3.05) is 16.8 Å². The van der Waals surface area contributed by atoms with Crippen LogP contribution in [0.15, 0.2) is 30.3 Å². The highest BCUT2D eigenvalue weighted by Crippen LogP contribution is 2.41. The third-order valence-electron chi connectivity index (χ3n) is 4.69. The molecule has 2 amide bonds. The SMILES string of the molecule is CCC(CC)CN1C(=O)c2cccc3c(NC(C)=O)ccc1c23. The molecule has 4 heteroatoms. The molecule has 2 aromatic carbocycles. The summed E-state index contributed by atoms with van der Waals surface area (Å²) in [6.45, 7) is 6.57. The zero-order valence-corrected chi connectivity index (χ0v) is 13.8. The molecule has 4 nitrogen and oxygen atoms in total. The normalized spacial score (nSPS) is 13.2. The van der Waals surface area contributed by atoms with Crippen LogP contribution in [0.5, 0.6) is 0 Å². The van der Waals surface area contributed by atoms with Gasteiger partial charge in [-0.05, 0) is 24.1 Å². The quantitative estimate of drug-likeness (QED) is 0.900. The summed E-state index contributed by atoms with van der Waals surface area (Å²) in [4.78, 5) is 26.1. The Balaban J connectivity index is 2.11. The van der Waals surface area contributed by atoms with Crippen molar-refractivity contribution in [3.63, 3.8) is 0 Å². The molecule has 1 N–H and O–H groups in total. The molecule has 23 heavy (non-hydrogen) atoms. The van der Waals surface area contributed by atoms with Gasteiger partial charge in [-0.25, -0.2) is 0 Å². The van der Waals surface area contributed by atoms with E-state index in [1.54, 1.807) is 0 Å². The largest absolute Gasteiger partial charge is 0.326 e. The second-order valence-electron chi connectivity index (χ2n) is 6.14. The van der Waals surface area contributed by atoms with Crippen LogP contribution >= 0.6 is 0 Å². The lowest BCUT2D eigenvalue weighted by atomic mass is 10.0. The molecule has 0 bridgehead atoms. The van der Waals surface area contributed by atoms with Crippen molar-refractivity contribution in [1.29, 1.82) is 0 Å². The van der Waals surface area contributed by atoms with E-state index >= 15 is 0 Å². The van der Waals surface area contributed by atoms with Crippen molar-refractivity contribution in [2.45, 2.75) is 33.6 Å². The van der Waals surface area contributed by atoms with Crippen LogP contribution in [0.3, 0.4) is 0 Å². The van der Waals surface area contributed by atoms with Crippen molar-refractivity contribution >= 4 is 34.0 Å². The Morgan fingerprint density at radius 2 is 1.91 bits per heavy atom. The molecule has 0 atom stereocenters. The van der Waals surface area contributed by atoms with E-state index in [-0.39, 0.29) is 11.8 Å². The number of nitrogens with zero attached hydrogens (tertiary/aromatic N) is 1. The highest BCUT2D eigenvalue weighted by Gasteiger charge is 2.31. The molecule has 0 radical (unpaired) electrons. The fraction of sp³-hybridized carbons (Fsp3) is 0.368. The Labute approximate surface area is 136 Å². The minimum Gasteiger partial charge on any atom is -0.326 e. The van der Waals surface area contributed by atoms with Gasteiger partial charge in [-0.2, -0.15) is 0 Å². The Bertz CT molecular complexity index is 778. The number of carbonyl (C=O) groups is 2. The fourth-order valence-corrected chi connectivity index (χ4v) is 3.33. The molecule has 0 aromatic heterocycles. The van der Waals surface area contributed by atoms with Gasteiger partial charge in [0.1, 0.15) is 0 Å². The first-order valence-corrected chi connectivity index (χ1v) is 8.22. The van der Waals surface area contributed by atoms with Crippen LogP contribution < -0.4 is 10.2 Å². The van der Waals surface area contributed by atoms with Gasteiger partial charge >= 0.3 is 0 Å². The maximum atomic E-state index is 12.8. The van der Waals surface area contributed by atoms with Gasteiger partial charge in [0.2, 0.25) is 5.91 Å². The Hall–Kier alpha value is -2.36. The summed E-state index contributed by atoms with van der Waals surface area (Å²) >= 11 is 0. The van der Waals surface area contributed by atoms with Crippen LogP contribution in [-0.4, -0.2) is 18.4 Å². The van der Waals surface area contributed by atoms with E-state index in [0.717, 1.165) is 47.1 Å². The molecule has 0 saturated heterocycles. The first-order valence-electron chi connectivity index (χ1n) is 8.22. The van der Waals surface area contributed by atoms with Crippen molar-refractivity contribution in [3.05, 3.63) is 35.9 Å². The molecule has 3 rings (SSSR count). The van der Waals surface area contributed by atoms with Crippen LogP contribution in [-0.2, 0) is 4.79 Å². The van der Waals surface area contributed by atoms with Gasteiger partial charge in [-0.1, -0.05) is 38.8 Å². The summed E-state index contributed by atoms with van der Waals surface area (Å²) in [5.41, 5.74) is 2.45. The predicted octanol–water partition coefficient (Wildman–Crippen LogP) is 4.19. The predicted molar refractivity (Wildman–Crippen MR) is 94.0 cm³/mol. The van der Waals surface area contributed by atoms with Gasteiger partial charge in [-0.3, -0.25) is 9.59 Å². The van der Waals surface area contributed by atoms with Crippen LogP contribution in [0.1, 0.15) is 44.0 Å². The molecule has 2 aromatic rings. The van der Waals surface area contributed by atoms with Gasteiger partial charge in [-0.15, -0.1) is 0 Å². The van der Waals surface area contributed by atoms with E-state index in [1.807, 2.05) is 35.2 Å². The third-order valence-corrected chi connectivity index (χ3v) is 4.69. The highest BCUT2D eigenvalue weighted by atomic mass is 16.2. The van der Waals surface area contributed by atoms with Crippen LogP contribution in [0.25, 0.3) is 10.8 Å². The summed E-state index contributed by atoms with van der Waals surface area (Å²) < 4.78 is 0. The van der Waals surface area contributed by atoms with Crippen LogP contribution in [0.2, 0.25) is 0 Å². The number of benzene rings is 2. The van der Waals surface area contributed by atoms with Crippen molar-refractivity contribution in [3.8, 4) is 0 Å². The van der Waals surface area contributed by atoms with Crippen LogP contribution in [0.4, 0.5) is 11.4 Å². The van der Waals surface area contributed by atoms with E-state index in [1.165, 1.54) is 6.92 Å². The molecule has 0 fully saturated rings. The van der Waals surface area contributed by atoms with E-state index in [4.69, 9.17) is 0 Å². The number of hydrogen-bond acceptors (Lipinski definition) is 2. The molecule has 0 unspecified atom stereocenters. The average Bonchev–Trinajstić information content (AvgIpc) is 2.81. The Kier molecular flexibility index (Phi) is 4.07. The lowest BCUT2D eigenvalue weighted by Gasteiger charge is -2.23. The molecule has 120 valence electrons. The number of hydrogen-bond donors (Lipinski definition) is 1. The van der Waals surface area contributed by atoms with Crippen molar-refractivity contribution in [1.82, 2.24) is 0 Å². The van der Waals surface area contributed by atoms with Crippen molar-refractivity contribution < 1.29 is 9.59 Å². The zero-order chi connectivity index (χ0) is 16.6. The molecule has 0 aliphatic carbocycles. The van der Waals surface area contributed by atoms with Crippen LogP contribution in [0, 0.1) is 5.92 Å². The summed E-state index contributed by atoms with van der Waals surface area (Å²) in [5.74, 6) is 0.458. The number of amides is 2. The van der Waals surface area contributed by atoms with E-state index in [2.05, 4.69) is 19.2 Å². The first-order chi connectivity index (χ1) is 11.1. The second kappa shape index (κ2) is 6.03. The maximum absolute atomic E-state index is 12.8. The summed E-state index contributed by atoms with van der Waals surface area (Å²) in [7, 11) is 0. The van der Waals surface area contributed by atoms with Gasteiger partial charge < -0.3 is 10.2 Å². The van der Waals surface area contributed by atoms with Gasteiger partial charge in [0, 0.05) is 35.5 Å².